The molecule has 1 aromatic heterocycles. The Balaban J connectivity index is 1.49. The van der Waals surface area contributed by atoms with Crippen LogP contribution in [0.3, 0.4) is 0 Å². The number of halogens is 1. The minimum absolute atomic E-state index is 0.233. The van der Waals surface area contributed by atoms with Crippen molar-refractivity contribution in [2.24, 2.45) is 0 Å². The van der Waals surface area contributed by atoms with Crippen LogP contribution >= 0.6 is 11.6 Å². The summed E-state index contributed by atoms with van der Waals surface area (Å²) in [7, 11) is 0. The number of para-hydroxylation sites is 2. The van der Waals surface area contributed by atoms with Crippen molar-refractivity contribution in [3.05, 3.63) is 64.9 Å². The summed E-state index contributed by atoms with van der Waals surface area (Å²) < 4.78 is 0. The van der Waals surface area contributed by atoms with Crippen molar-refractivity contribution < 1.29 is 9.90 Å². The van der Waals surface area contributed by atoms with E-state index < -0.39 is 12.0 Å². The van der Waals surface area contributed by atoms with E-state index in [1.54, 1.807) is 18.2 Å². The summed E-state index contributed by atoms with van der Waals surface area (Å²) in [6.07, 6.45) is -0.291. The van der Waals surface area contributed by atoms with E-state index in [2.05, 4.69) is 15.3 Å². The molecule has 0 unspecified atom stereocenters. The highest BCUT2D eigenvalue weighted by Gasteiger charge is 2.15. The van der Waals surface area contributed by atoms with Gasteiger partial charge in [-0.1, -0.05) is 35.9 Å². The standard InChI is InChI=1S/C18H18ClN3O2/c19-13-5-3-4-12(10-13)11-16(23)18(24)20-9-8-17-21-14-6-1-2-7-15(14)22-17/h1-7,10,16,23H,8-9,11H2,(H,20,24)(H,21,22)/t16-/m0/s1. The van der Waals surface area contributed by atoms with Gasteiger partial charge in [0.15, 0.2) is 0 Å². The number of aromatic nitrogens is 2. The zero-order valence-electron chi connectivity index (χ0n) is 13.0. The number of aliphatic hydroxyl groups excluding tert-OH is 1. The first-order chi connectivity index (χ1) is 11.6. The van der Waals surface area contributed by atoms with Crippen LogP contribution in [-0.2, 0) is 17.6 Å². The highest BCUT2D eigenvalue weighted by molar-refractivity contribution is 6.30. The van der Waals surface area contributed by atoms with Gasteiger partial charge < -0.3 is 15.4 Å². The molecule has 0 spiro atoms. The summed E-state index contributed by atoms with van der Waals surface area (Å²) in [5.41, 5.74) is 2.70. The summed E-state index contributed by atoms with van der Waals surface area (Å²) in [6.45, 7) is 0.408. The largest absolute Gasteiger partial charge is 0.383 e. The first-order valence-electron chi connectivity index (χ1n) is 7.75. The van der Waals surface area contributed by atoms with Gasteiger partial charge in [0.2, 0.25) is 5.91 Å². The van der Waals surface area contributed by atoms with Crippen LogP contribution in [0.4, 0.5) is 0 Å². The third kappa shape index (κ3) is 4.13. The van der Waals surface area contributed by atoms with Crippen molar-refractivity contribution in [1.29, 1.82) is 0 Å². The number of H-pyrrole nitrogens is 1. The fraction of sp³-hybridized carbons (Fsp3) is 0.222. The lowest BCUT2D eigenvalue weighted by Crippen LogP contribution is -2.37. The molecule has 0 aliphatic carbocycles. The Morgan fingerprint density at radius 3 is 2.88 bits per heavy atom. The number of rotatable bonds is 6. The maximum atomic E-state index is 12.0. The molecule has 0 bridgehead atoms. The second-order valence-corrected chi connectivity index (χ2v) is 6.03. The van der Waals surface area contributed by atoms with Gasteiger partial charge in [-0.25, -0.2) is 4.98 Å². The molecule has 1 heterocycles. The van der Waals surface area contributed by atoms with Gasteiger partial charge in [-0.15, -0.1) is 0 Å². The smallest absolute Gasteiger partial charge is 0.249 e. The molecule has 1 amide bonds. The molecule has 124 valence electrons. The Morgan fingerprint density at radius 1 is 1.25 bits per heavy atom. The quantitative estimate of drug-likeness (QED) is 0.643. The molecule has 3 N–H and O–H groups in total. The Labute approximate surface area is 144 Å². The van der Waals surface area contributed by atoms with E-state index >= 15 is 0 Å². The van der Waals surface area contributed by atoms with Crippen LogP contribution in [0.2, 0.25) is 5.02 Å². The number of imidazole rings is 1. The monoisotopic (exact) mass is 343 g/mol. The van der Waals surface area contributed by atoms with E-state index in [1.807, 2.05) is 30.3 Å². The molecular formula is C18H18ClN3O2. The number of benzene rings is 2. The average molecular weight is 344 g/mol. The number of nitrogens with zero attached hydrogens (tertiary/aromatic N) is 1. The van der Waals surface area contributed by atoms with E-state index in [-0.39, 0.29) is 6.42 Å². The molecule has 3 aromatic rings. The Morgan fingerprint density at radius 2 is 2.08 bits per heavy atom. The number of fused-ring (bicyclic) bond motifs is 1. The predicted octanol–water partition coefficient (Wildman–Crippen LogP) is 2.48. The summed E-state index contributed by atoms with van der Waals surface area (Å²) >= 11 is 5.90. The summed E-state index contributed by atoms with van der Waals surface area (Å²) in [5.74, 6) is 0.409. The van der Waals surface area contributed by atoms with Crippen molar-refractivity contribution in [1.82, 2.24) is 15.3 Å². The average Bonchev–Trinajstić information content (AvgIpc) is 2.97. The maximum absolute atomic E-state index is 12.0. The molecule has 0 fully saturated rings. The van der Waals surface area contributed by atoms with Crippen molar-refractivity contribution in [3.8, 4) is 0 Å². The van der Waals surface area contributed by atoms with Gasteiger partial charge in [0, 0.05) is 24.4 Å². The van der Waals surface area contributed by atoms with Crippen LogP contribution in [0.25, 0.3) is 11.0 Å². The molecular weight excluding hydrogens is 326 g/mol. The zero-order valence-corrected chi connectivity index (χ0v) is 13.8. The number of aliphatic hydroxyl groups is 1. The summed E-state index contributed by atoms with van der Waals surface area (Å²) in [4.78, 5) is 19.6. The molecule has 1 atom stereocenters. The fourth-order valence-corrected chi connectivity index (χ4v) is 2.74. The van der Waals surface area contributed by atoms with Crippen molar-refractivity contribution >= 4 is 28.5 Å². The molecule has 0 saturated carbocycles. The van der Waals surface area contributed by atoms with E-state index in [4.69, 9.17) is 11.6 Å². The molecule has 0 aliphatic heterocycles. The van der Waals surface area contributed by atoms with Gasteiger partial charge >= 0.3 is 0 Å². The van der Waals surface area contributed by atoms with Crippen LogP contribution in [-0.4, -0.2) is 33.6 Å². The molecule has 0 saturated heterocycles. The van der Waals surface area contributed by atoms with Gasteiger partial charge in [-0.05, 0) is 29.8 Å². The highest BCUT2D eigenvalue weighted by atomic mass is 35.5. The second-order valence-electron chi connectivity index (χ2n) is 5.59. The van der Waals surface area contributed by atoms with Crippen LogP contribution < -0.4 is 5.32 Å². The highest BCUT2D eigenvalue weighted by Crippen LogP contribution is 2.12. The van der Waals surface area contributed by atoms with Gasteiger partial charge in [0.05, 0.1) is 11.0 Å². The minimum atomic E-state index is -1.10. The summed E-state index contributed by atoms with van der Waals surface area (Å²) in [5, 5.41) is 13.3. The van der Waals surface area contributed by atoms with Gasteiger partial charge in [0.25, 0.3) is 0 Å². The van der Waals surface area contributed by atoms with Crippen LogP contribution in [0, 0.1) is 0 Å². The zero-order chi connectivity index (χ0) is 16.9. The number of carbonyl (C=O) groups is 1. The topological polar surface area (TPSA) is 78.0 Å². The number of aromatic amines is 1. The van der Waals surface area contributed by atoms with E-state index in [0.717, 1.165) is 22.4 Å². The van der Waals surface area contributed by atoms with E-state index in [0.29, 0.717) is 18.0 Å². The molecule has 0 radical (unpaired) electrons. The predicted molar refractivity (Wildman–Crippen MR) is 94.0 cm³/mol. The van der Waals surface area contributed by atoms with E-state index in [1.165, 1.54) is 0 Å². The lowest BCUT2D eigenvalue weighted by molar-refractivity contribution is -0.129. The Bertz CT molecular complexity index is 814. The molecule has 3 rings (SSSR count). The van der Waals surface area contributed by atoms with Crippen molar-refractivity contribution in [2.75, 3.05) is 6.54 Å². The van der Waals surface area contributed by atoms with Gasteiger partial charge in [-0.2, -0.15) is 0 Å². The lowest BCUT2D eigenvalue weighted by atomic mass is 10.1. The molecule has 24 heavy (non-hydrogen) atoms. The normalized spacial score (nSPS) is 12.2. The van der Waals surface area contributed by atoms with Crippen molar-refractivity contribution in [2.45, 2.75) is 18.9 Å². The minimum Gasteiger partial charge on any atom is -0.383 e. The van der Waals surface area contributed by atoms with Crippen LogP contribution in [0.1, 0.15) is 11.4 Å². The lowest BCUT2D eigenvalue weighted by Gasteiger charge is -2.11. The SMILES string of the molecule is O=C(NCCc1nc2ccccc2[nH]1)[C@@H](O)Cc1cccc(Cl)c1. The van der Waals surface area contributed by atoms with Crippen LogP contribution in [0.15, 0.2) is 48.5 Å². The van der Waals surface area contributed by atoms with Gasteiger partial charge in [-0.3, -0.25) is 4.79 Å². The fourth-order valence-electron chi connectivity index (χ4n) is 2.53. The summed E-state index contributed by atoms with van der Waals surface area (Å²) in [6, 6.07) is 14.9. The number of hydrogen-bond donors (Lipinski definition) is 3. The number of nitrogens with one attached hydrogen (secondary N) is 2. The number of carbonyl (C=O) groups excluding carboxylic acids is 1. The first-order valence-corrected chi connectivity index (χ1v) is 8.13. The van der Waals surface area contributed by atoms with E-state index in [9.17, 15) is 9.90 Å². The molecule has 2 aromatic carbocycles. The number of hydrogen-bond acceptors (Lipinski definition) is 3. The number of amides is 1. The molecule has 6 heteroatoms. The Hall–Kier alpha value is -2.37. The first kappa shape index (κ1) is 16.5. The maximum Gasteiger partial charge on any atom is 0.249 e. The third-order valence-corrected chi connectivity index (χ3v) is 3.96. The van der Waals surface area contributed by atoms with Gasteiger partial charge in [0.1, 0.15) is 11.9 Å². The third-order valence-electron chi connectivity index (χ3n) is 3.72. The second kappa shape index (κ2) is 7.47. The molecule has 5 nitrogen and oxygen atoms in total. The Kier molecular flexibility index (Phi) is 5.13. The van der Waals surface area contributed by atoms with Crippen LogP contribution in [0.5, 0.6) is 0 Å². The molecule has 0 aliphatic rings. The van der Waals surface area contributed by atoms with Crippen molar-refractivity contribution in [3.63, 3.8) is 0 Å².